The highest BCUT2D eigenvalue weighted by molar-refractivity contribution is 5.88. The average Bonchev–Trinajstić information content (AvgIpc) is 3.10. The molecule has 4 aromatic rings. The van der Waals surface area contributed by atoms with E-state index in [0.717, 1.165) is 33.4 Å². The number of phenolic OH excluding ortho intramolecular Hbond substituents is 2. The molecular weight excluding hydrogens is 380 g/mol. The van der Waals surface area contributed by atoms with E-state index in [-0.39, 0.29) is 11.5 Å². The minimum Gasteiger partial charge on any atom is -0.508 e. The predicted molar refractivity (Wildman–Crippen MR) is 127 cm³/mol. The maximum Gasteiger partial charge on any atom is 0.116 e. The van der Waals surface area contributed by atoms with E-state index in [4.69, 9.17) is 0 Å². The first-order chi connectivity index (χ1) is 15.1. The molecule has 150 valence electrons. The molecule has 1 aliphatic carbocycles. The SMILES string of the molecule is C=Cc1cc(O)ccc1C1(c2ccc(O)cc2C=C)c2ccccc2-c2ccccc21. The molecular formula is C29H22O2. The van der Waals surface area contributed by atoms with Gasteiger partial charge < -0.3 is 10.2 Å². The molecule has 0 aliphatic heterocycles. The molecule has 0 saturated carbocycles. The monoisotopic (exact) mass is 402 g/mol. The highest BCUT2D eigenvalue weighted by Gasteiger charge is 2.47. The molecule has 0 heterocycles. The summed E-state index contributed by atoms with van der Waals surface area (Å²) in [6, 6.07) is 27.8. The molecule has 0 aromatic heterocycles. The lowest BCUT2D eigenvalue weighted by atomic mass is 9.65. The van der Waals surface area contributed by atoms with Crippen LogP contribution in [0.15, 0.2) is 98.1 Å². The Kier molecular flexibility index (Phi) is 4.30. The van der Waals surface area contributed by atoms with Crippen molar-refractivity contribution in [2.75, 3.05) is 0 Å². The number of hydrogen-bond donors (Lipinski definition) is 2. The highest BCUT2D eigenvalue weighted by atomic mass is 16.3. The molecule has 2 heteroatoms. The van der Waals surface area contributed by atoms with Gasteiger partial charge in [0.1, 0.15) is 11.5 Å². The molecule has 0 bridgehead atoms. The Morgan fingerprint density at radius 1 is 0.548 bits per heavy atom. The van der Waals surface area contributed by atoms with Crippen molar-refractivity contribution in [3.05, 3.63) is 131 Å². The van der Waals surface area contributed by atoms with Crippen molar-refractivity contribution in [2.24, 2.45) is 0 Å². The molecule has 4 aromatic carbocycles. The molecule has 2 N–H and O–H groups in total. The van der Waals surface area contributed by atoms with Gasteiger partial charge in [0.05, 0.1) is 5.41 Å². The van der Waals surface area contributed by atoms with Gasteiger partial charge in [0.2, 0.25) is 0 Å². The van der Waals surface area contributed by atoms with E-state index >= 15 is 0 Å². The normalized spacial score (nSPS) is 13.3. The summed E-state index contributed by atoms with van der Waals surface area (Å²) in [4.78, 5) is 0. The van der Waals surface area contributed by atoms with E-state index < -0.39 is 5.41 Å². The summed E-state index contributed by atoms with van der Waals surface area (Å²) in [5.41, 5.74) is 7.75. The van der Waals surface area contributed by atoms with Gasteiger partial charge in [-0.1, -0.05) is 86.0 Å². The largest absolute Gasteiger partial charge is 0.508 e. The first kappa shape index (κ1) is 19.0. The molecule has 0 amide bonds. The third-order valence-electron chi connectivity index (χ3n) is 6.27. The Morgan fingerprint density at radius 2 is 0.968 bits per heavy atom. The van der Waals surface area contributed by atoms with Crippen molar-refractivity contribution in [3.63, 3.8) is 0 Å². The third kappa shape index (κ3) is 2.58. The molecule has 2 nitrogen and oxygen atoms in total. The molecule has 0 unspecified atom stereocenters. The predicted octanol–water partition coefficient (Wildman–Crippen LogP) is 6.75. The van der Waals surface area contributed by atoms with Crippen molar-refractivity contribution in [3.8, 4) is 22.6 Å². The van der Waals surface area contributed by atoms with Crippen LogP contribution in [0.5, 0.6) is 11.5 Å². The highest BCUT2D eigenvalue weighted by Crippen LogP contribution is 2.57. The Bertz CT molecular complexity index is 1240. The maximum absolute atomic E-state index is 10.2. The van der Waals surface area contributed by atoms with Crippen LogP contribution in [0.4, 0.5) is 0 Å². The first-order valence-corrected chi connectivity index (χ1v) is 10.2. The van der Waals surface area contributed by atoms with Crippen LogP contribution < -0.4 is 0 Å². The van der Waals surface area contributed by atoms with Gasteiger partial charge in [0, 0.05) is 0 Å². The summed E-state index contributed by atoms with van der Waals surface area (Å²) in [6.07, 6.45) is 3.57. The molecule has 0 fully saturated rings. The third-order valence-corrected chi connectivity index (χ3v) is 6.27. The molecule has 5 rings (SSSR count). The van der Waals surface area contributed by atoms with Gasteiger partial charge in [-0.25, -0.2) is 0 Å². The van der Waals surface area contributed by atoms with Crippen LogP contribution >= 0.6 is 0 Å². The number of hydrogen-bond acceptors (Lipinski definition) is 2. The standard InChI is InChI=1S/C29H22O2/c1-3-19-17-21(30)13-15-25(19)29(26-16-14-22(31)18-20(26)4-2)27-11-7-5-9-23(27)24-10-6-8-12-28(24)29/h3-18,30-31H,1-2H2. The lowest BCUT2D eigenvalue weighted by Crippen LogP contribution is -2.30. The zero-order valence-corrected chi connectivity index (χ0v) is 17.0. The van der Waals surface area contributed by atoms with Gasteiger partial charge in [0.15, 0.2) is 0 Å². The van der Waals surface area contributed by atoms with E-state index in [1.54, 1.807) is 36.4 Å². The van der Waals surface area contributed by atoms with Crippen LogP contribution in [0, 0.1) is 0 Å². The fourth-order valence-corrected chi connectivity index (χ4v) is 5.08. The number of rotatable bonds is 4. The number of aromatic hydroxyl groups is 2. The Morgan fingerprint density at radius 3 is 1.39 bits per heavy atom. The van der Waals surface area contributed by atoms with Crippen LogP contribution in [0.2, 0.25) is 0 Å². The topological polar surface area (TPSA) is 40.5 Å². The van der Waals surface area contributed by atoms with E-state index in [0.29, 0.717) is 0 Å². The van der Waals surface area contributed by atoms with Crippen LogP contribution in [0.25, 0.3) is 23.3 Å². The minimum atomic E-state index is -0.651. The van der Waals surface area contributed by atoms with Crippen LogP contribution in [0.3, 0.4) is 0 Å². The van der Waals surface area contributed by atoms with Crippen LogP contribution in [-0.4, -0.2) is 10.2 Å². The Hall–Kier alpha value is -4.04. The molecule has 0 saturated heterocycles. The van der Waals surface area contributed by atoms with E-state index in [1.807, 2.05) is 12.1 Å². The summed E-state index contributed by atoms with van der Waals surface area (Å²) in [5.74, 6) is 0.394. The molecule has 31 heavy (non-hydrogen) atoms. The summed E-state index contributed by atoms with van der Waals surface area (Å²) in [5, 5.41) is 20.4. The van der Waals surface area contributed by atoms with Gasteiger partial charge in [-0.15, -0.1) is 0 Å². The molecule has 0 radical (unpaired) electrons. The summed E-state index contributed by atoms with van der Waals surface area (Å²) in [7, 11) is 0. The second kappa shape index (κ2) is 7.03. The van der Waals surface area contributed by atoms with E-state index in [2.05, 4.69) is 61.7 Å². The summed E-state index contributed by atoms with van der Waals surface area (Å²) >= 11 is 0. The van der Waals surface area contributed by atoms with Crippen molar-refractivity contribution in [1.29, 1.82) is 0 Å². The van der Waals surface area contributed by atoms with Crippen molar-refractivity contribution in [1.82, 2.24) is 0 Å². The minimum absolute atomic E-state index is 0.197. The quantitative estimate of drug-likeness (QED) is 0.349. The summed E-state index contributed by atoms with van der Waals surface area (Å²) in [6.45, 7) is 8.05. The van der Waals surface area contributed by atoms with Gasteiger partial charge in [-0.2, -0.15) is 0 Å². The van der Waals surface area contributed by atoms with E-state index in [1.165, 1.54) is 11.1 Å². The average molecular weight is 402 g/mol. The van der Waals surface area contributed by atoms with Gasteiger partial charge in [0.25, 0.3) is 0 Å². The number of fused-ring (bicyclic) bond motifs is 3. The van der Waals surface area contributed by atoms with Crippen molar-refractivity contribution >= 4 is 12.2 Å². The fourth-order valence-electron chi connectivity index (χ4n) is 5.08. The number of phenols is 2. The van der Waals surface area contributed by atoms with Crippen LogP contribution in [-0.2, 0) is 5.41 Å². The lowest BCUT2D eigenvalue weighted by Gasteiger charge is -2.36. The van der Waals surface area contributed by atoms with Crippen LogP contribution in [0.1, 0.15) is 33.4 Å². The van der Waals surface area contributed by atoms with Gasteiger partial charge in [-0.05, 0) is 68.8 Å². The van der Waals surface area contributed by atoms with Crippen molar-refractivity contribution in [2.45, 2.75) is 5.41 Å². The fraction of sp³-hybridized carbons (Fsp3) is 0.0345. The lowest BCUT2D eigenvalue weighted by molar-refractivity contribution is 0.474. The number of benzene rings is 4. The van der Waals surface area contributed by atoms with E-state index in [9.17, 15) is 10.2 Å². The second-order valence-corrected chi connectivity index (χ2v) is 7.79. The zero-order valence-electron chi connectivity index (χ0n) is 17.0. The summed E-state index contributed by atoms with van der Waals surface area (Å²) < 4.78 is 0. The molecule has 0 atom stereocenters. The van der Waals surface area contributed by atoms with Gasteiger partial charge in [-0.3, -0.25) is 0 Å². The molecule has 0 spiro atoms. The maximum atomic E-state index is 10.2. The zero-order chi connectivity index (χ0) is 21.6. The Balaban J connectivity index is 2.03. The Labute approximate surface area is 182 Å². The smallest absolute Gasteiger partial charge is 0.116 e. The second-order valence-electron chi connectivity index (χ2n) is 7.79. The van der Waals surface area contributed by atoms with Gasteiger partial charge >= 0.3 is 0 Å². The molecule has 1 aliphatic rings. The first-order valence-electron chi connectivity index (χ1n) is 10.2. The van der Waals surface area contributed by atoms with Crippen molar-refractivity contribution < 1.29 is 10.2 Å².